The van der Waals surface area contributed by atoms with Crippen molar-refractivity contribution in [3.05, 3.63) is 28.0 Å². The lowest BCUT2D eigenvalue weighted by molar-refractivity contribution is 0.0697. The van der Waals surface area contributed by atoms with Gasteiger partial charge in [-0.3, -0.25) is 14.2 Å². The van der Waals surface area contributed by atoms with Crippen LogP contribution in [-0.4, -0.2) is 78.2 Å². The summed E-state index contributed by atoms with van der Waals surface area (Å²) in [4.78, 5) is 31.7. The van der Waals surface area contributed by atoms with E-state index in [4.69, 9.17) is 9.15 Å². The number of fused-ring (bicyclic) bond motifs is 1. The standard InChI is InChI=1S/C18H26N4O6S/c1-12(2)29(25,26)22-7-5-20(6-8-22)17(23)14-13(3)28-16-15(14)18(24)21(11-19-16)9-10-27-4/h11-12H,5-10H2,1-4H3. The molecule has 3 heterocycles. The number of carbonyl (C=O) groups is 1. The van der Waals surface area contributed by atoms with Crippen LogP contribution in [-0.2, 0) is 21.3 Å². The van der Waals surface area contributed by atoms with Crippen LogP contribution < -0.4 is 5.56 Å². The maximum atomic E-state index is 13.2. The second-order valence-electron chi connectivity index (χ2n) is 7.23. The predicted octanol–water partition coefficient (Wildman–Crippen LogP) is 0.440. The second-order valence-corrected chi connectivity index (χ2v) is 9.72. The molecule has 1 aliphatic heterocycles. The highest BCUT2D eigenvalue weighted by Gasteiger charge is 2.33. The normalized spacial score (nSPS) is 16.1. The SMILES string of the molecule is COCCn1cnc2oc(C)c(C(=O)N3CCN(S(=O)(=O)C(C)C)CC3)c2c1=O. The number of aryl methyl sites for hydroxylation is 1. The van der Waals surface area contributed by atoms with Crippen molar-refractivity contribution in [2.45, 2.75) is 32.6 Å². The summed E-state index contributed by atoms with van der Waals surface area (Å²) in [6, 6.07) is 0. The number of nitrogens with zero attached hydrogens (tertiary/aromatic N) is 4. The molecule has 0 aromatic carbocycles. The Morgan fingerprint density at radius 1 is 1.28 bits per heavy atom. The molecule has 11 heteroatoms. The third-order valence-electron chi connectivity index (χ3n) is 5.09. The largest absolute Gasteiger partial charge is 0.442 e. The summed E-state index contributed by atoms with van der Waals surface area (Å²) in [5, 5.41) is -0.371. The topological polar surface area (TPSA) is 115 Å². The van der Waals surface area contributed by atoms with Crippen LogP contribution >= 0.6 is 0 Å². The Labute approximate surface area is 169 Å². The van der Waals surface area contributed by atoms with Crippen molar-refractivity contribution in [3.63, 3.8) is 0 Å². The molecule has 3 rings (SSSR count). The lowest BCUT2D eigenvalue weighted by Crippen LogP contribution is -2.52. The van der Waals surface area contributed by atoms with Crippen molar-refractivity contribution >= 4 is 27.0 Å². The van der Waals surface area contributed by atoms with Gasteiger partial charge in [0.15, 0.2) is 0 Å². The number of carbonyl (C=O) groups excluding carboxylic acids is 1. The summed E-state index contributed by atoms with van der Waals surface area (Å²) in [7, 11) is -1.83. The van der Waals surface area contributed by atoms with Crippen molar-refractivity contribution in [1.29, 1.82) is 0 Å². The quantitative estimate of drug-likeness (QED) is 0.658. The van der Waals surface area contributed by atoms with Crippen LogP contribution in [0, 0.1) is 6.92 Å². The van der Waals surface area contributed by atoms with E-state index in [0.29, 0.717) is 18.9 Å². The number of aromatic nitrogens is 2. The lowest BCUT2D eigenvalue weighted by Gasteiger charge is -2.34. The highest BCUT2D eigenvalue weighted by Crippen LogP contribution is 2.23. The van der Waals surface area contributed by atoms with E-state index >= 15 is 0 Å². The third kappa shape index (κ3) is 3.94. The van der Waals surface area contributed by atoms with E-state index in [0.717, 1.165) is 0 Å². The van der Waals surface area contributed by atoms with Gasteiger partial charge in [-0.05, 0) is 20.8 Å². The molecule has 2 aromatic heterocycles. The maximum absolute atomic E-state index is 13.2. The first-order valence-electron chi connectivity index (χ1n) is 9.44. The van der Waals surface area contributed by atoms with Crippen LogP contribution in [0.15, 0.2) is 15.5 Å². The zero-order valence-electron chi connectivity index (χ0n) is 17.0. The minimum absolute atomic E-state index is 0.116. The van der Waals surface area contributed by atoms with E-state index in [1.165, 1.54) is 22.3 Å². The minimum atomic E-state index is -3.37. The fourth-order valence-corrected chi connectivity index (χ4v) is 4.61. The molecule has 0 atom stereocenters. The molecular weight excluding hydrogens is 400 g/mol. The number of amides is 1. The summed E-state index contributed by atoms with van der Waals surface area (Å²) in [5.41, 5.74) is -0.0664. The molecule has 1 amide bonds. The Balaban J connectivity index is 1.88. The molecule has 1 saturated heterocycles. The average molecular weight is 426 g/mol. The molecule has 0 radical (unpaired) electrons. The molecule has 0 saturated carbocycles. The van der Waals surface area contributed by atoms with Crippen molar-refractivity contribution in [1.82, 2.24) is 18.8 Å². The van der Waals surface area contributed by atoms with E-state index in [1.54, 1.807) is 25.7 Å². The van der Waals surface area contributed by atoms with Gasteiger partial charge >= 0.3 is 0 Å². The van der Waals surface area contributed by atoms with Gasteiger partial charge in [-0.2, -0.15) is 4.31 Å². The van der Waals surface area contributed by atoms with E-state index in [-0.39, 0.29) is 54.3 Å². The van der Waals surface area contributed by atoms with Crippen molar-refractivity contribution in [2.24, 2.45) is 0 Å². The van der Waals surface area contributed by atoms with Gasteiger partial charge < -0.3 is 14.1 Å². The Bertz CT molecular complexity index is 1060. The number of piperazine rings is 1. The lowest BCUT2D eigenvalue weighted by atomic mass is 10.1. The van der Waals surface area contributed by atoms with Gasteiger partial charge in [0.25, 0.3) is 11.5 Å². The summed E-state index contributed by atoms with van der Waals surface area (Å²) >= 11 is 0. The van der Waals surface area contributed by atoms with E-state index in [9.17, 15) is 18.0 Å². The molecule has 0 aliphatic carbocycles. The van der Waals surface area contributed by atoms with Crippen molar-refractivity contribution in [3.8, 4) is 0 Å². The summed E-state index contributed by atoms with van der Waals surface area (Å²) in [5.74, 6) is -0.0393. The number of methoxy groups -OCH3 is 1. The first kappa shape index (κ1) is 21.5. The van der Waals surface area contributed by atoms with Gasteiger partial charge in [-0.15, -0.1) is 0 Å². The first-order chi connectivity index (χ1) is 13.7. The minimum Gasteiger partial charge on any atom is -0.442 e. The van der Waals surface area contributed by atoms with E-state index in [2.05, 4.69) is 4.98 Å². The van der Waals surface area contributed by atoms with Crippen molar-refractivity contribution in [2.75, 3.05) is 39.9 Å². The van der Waals surface area contributed by atoms with Gasteiger partial charge in [0, 0.05) is 33.3 Å². The van der Waals surface area contributed by atoms with Gasteiger partial charge in [-0.1, -0.05) is 0 Å². The van der Waals surface area contributed by atoms with Gasteiger partial charge in [0.1, 0.15) is 17.5 Å². The number of sulfonamides is 1. The second kappa shape index (κ2) is 8.25. The predicted molar refractivity (Wildman–Crippen MR) is 106 cm³/mol. The van der Waals surface area contributed by atoms with Crippen LogP contribution in [0.1, 0.15) is 30.0 Å². The Morgan fingerprint density at radius 3 is 2.52 bits per heavy atom. The third-order valence-corrected chi connectivity index (χ3v) is 7.36. The summed E-state index contributed by atoms with van der Waals surface area (Å²) in [6.45, 7) is 6.46. The smallest absolute Gasteiger partial charge is 0.265 e. The molecule has 0 bridgehead atoms. The molecule has 0 spiro atoms. The van der Waals surface area contributed by atoms with Gasteiger partial charge in [-0.25, -0.2) is 13.4 Å². The number of furan rings is 1. The van der Waals surface area contributed by atoms with E-state index < -0.39 is 15.3 Å². The van der Waals surface area contributed by atoms with Crippen LogP contribution in [0.2, 0.25) is 0 Å². The van der Waals surface area contributed by atoms with Gasteiger partial charge in [0.2, 0.25) is 15.7 Å². The van der Waals surface area contributed by atoms with E-state index in [1.807, 2.05) is 0 Å². The molecule has 2 aromatic rings. The molecule has 29 heavy (non-hydrogen) atoms. The average Bonchev–Trinajstić information content (AvgIpc) is 3.03. The fraction of sp³-hybridized carbons (Fsp3) is 0.611. The number of rotatable bonds is 6. The number of ether oxygens (including phenoxy) is 1. The molecule has 10 nitrogen and oxygen atoms in total. The molecule has 160 valence electrons. The summed E-state index contributed by atoms with van der Waals surface area (Å²) in [6.07, 6.45) is 1.37. The van der Waals surface area contributed by atoms with Crippen LogP contribution in [0.25, 0.3) is 11.1 Å². The van der Waals surface area contributed by atoms with Crippen LogP contribution in [0.3, 0.4) is 0 Å². The monoisotopic (exact) mass is 426 g/mol. The Kier molecular flexibility index (Phi) is 6.11. The Morgan fingerprint density at radius 2 is 1.93 bits per heavy atom. The van der Waals surface area contributed by atoms with Crippen molar-refractivity contribution < 1.29 is 22.4 Å². The first-order valence-corrected chi connectivity index (χ1v) is 10.9. The molecule has 0 N–H and O–H groups in total. The highest BCUT2D eigenvalue weighted by atomic mass is 32.2. The molecular formula is C18H26N4O6S. The number of hydrogen-bond donors (Lipinski definition) is 0. The zero-order chi connectivity index (χ0) is 21.3. The van der Waals surface area contributed by atoms with Crippen LogP contribution in [0.5, 0.6) is 0 Å². The molecule has 1 aliphatic rings. The summed E-state index contributed by atoms with van der Waals surface area (Å²) < 4.78 is 38.0. The maximum Gasteiger partial charge on any atom is 0.265 e. The molecule has 0 unspecified atom stereocenters. The fourth-order valence-electron chi connectivity index (χ4n) is 3.35. The van der Waals surface area contributed by atoms with Gasteiger partial charge in [0.05, 0.1) is 24.0 Å². The molecule has 1 fully saturated rings. The number of hydrogen-bond acceptors (Lipinski definition) is 7. The Hall–Kier alpha value is -2.24. The zero-order valence-corrected chi connectivity index (χ0v) is 17.9. The van der Waals surface area contributed by atoms with Crippen LogP contribution in [0.4, 0.5) is 0 Å². The highest BCUT2D eigenvalue weighted by molar-refractivity contribution is 7.89.